The van der Waals surface area contributed by atoms with E-state index in [4.69, 9.17) is 25.8 Å². The molecule has 2 saturated heterocycles. The fraction of sp³-hybridized carbons (Fsp3) is 0.576. The molecule has 3 heterocycles. The number of halogens is 1. The second-order valence-electron chi connectivity index (χ2n) is 12.6. The second kappa shape index (κ2) is 12.6. The maximum atomic E-state index is 13.8. The summed E-state index contributed by atoms with van der Waals surface area (Å²) in [6.07, 6.45) is 5.05. The fourth-order valence-corrected chi connectivity index (χ4v) is 6.25. The van der Waals surface area contributed by atoms with Gasteiger partial charge in [-0.25, -0.2) is 0 Å². The van der Waals surface area contributed by atoms with Gasteiger partial charge in [0.1, 0.15) is 29.6 Å². The van der Waals surface area contributed by atoms with Gasteiger partial charge < -0.3 is 34.9 Å². The maximum absolute atomic E-state index is 13.8. The summed E-state index contributed by atoms with van der Waals surface area (Å²) in [5, 5.41) is 18.1. The number of hydrogen-bond acceptors (Lipinski definition) is 8. The van der Waals surface area contributed by atoms with Crippen molar-refractivity contribution in [3.8, 4) is 0 Å². The summed E-state index contributed by atoms with van der Waals surface area (Å²) >= 11 is 6.72. The van der Waals surface area contributed by atoms with Crippen molar-refractivity contribution in [1.29, 1.82) is 0 Å². The quantitative estimate of drug-likeness (QED) is 0.335. The van der Waals surface area contributed by atoms with Crippen LogP contribution in [-0.4, -0.2) is 66.8 Å². The molecule has 3 aliphatic rings. The Morgan fingerprint density at radius 3 is 2.70 bits per heavy atom. The number of nitrogens with zero attached hydrogens (tertiary/aromatic N) is 1. The van der Waals surface area contributed by atoms with Crippen molar-refractivity contribution in [3.05, 3.63) is 64.5 Å². The third kappa shape index (κ3) is 6.95. The number of rotatable bonds is 3. The van der Waals surface area contributed by atoms with Crippen LogP contribution in [0.4, 0.5) is 5.69 Å². The molecule has 0 radical (unpaired) electrons. The van der Waals surface area contributed by atoms with Crippen LogP contribution in [0.3, 0.4) is 0 Å². The Balaban J connectivity index is 1.76. The van der Waals surface area contributed by atoms with Crippen LogP contribution in [-0.2, 0) is 30.2 Å². The van der Waals surface area contributed by atoms with Crippen LogP contribution in [0.25, 0.3) is 0 Å². The molecule has 1 amide bonds. The van der Waals surface area contributed by atoms with Crippen molar-refractivity contribution in [3.63, 3.8) is 0 Å². The number of esters is 1. The van der Waals surface area contributed by atoms with E-state index >= 15 is 0 Å². The molecule has 3 aliphatic heterocycles. The van der Waals surface area contributed by atoms with Crippen molar-refractivity contribution in [2.45, 2.75) is 96.5 Å². The number of likely N-dealkylation sites (N-methyl/N-ethyl adjacent to an activating group) is 1. The normalized spacial score (nSPS) is 35.9. The van der Waals surface area contributed by atoms with Crippen LogP contribution in [0.2, 0.25) is 5.02 Å². The molecule has 4 rings (SSSR count). The molecule has 8 atom stereocenters. The van der Waals surface area contributed by atoms with Crippen molar-refractivity contribution in [2.24, 2.45) is 11.8 Å². The lowest BCUT2D eigenvalue weighted by atomic mass is 9.82. The minimum atomic E-state index is -1.30. The first-order chi connectivity index (χ1) is 20.1. The lowest BCUT2D eigenvalue weighted by Gasteiger charge is -2.44. The van der Waals surface area contributed by atoms with Gasteiger partial charge in [0.2, 0.25) is 5.91 Å². The van der Waals surface area contributed by atoms with E-state index in [-0.39, 0.29) is 36.5 Å². The highest BCUT2D eigenvalue weighted by molar-refractivity contribution is 6.34. The molecular weight excluding hydrogens is 570 g/mol. The van der Waals surface area contributed by atoms with E-state index in [1.807, 2.05) is 65.0 Å². The van der Waals surface area contributed by atoms with E-state index in [2.05, 4.69) is 17.2 Å². The molecular formula is C33H46ClN3O6. The summed E-state index contributed by atoms with van der Waals surface area (Å²) in [4.78, 5) is 28.3. The number of nitrogens with one attached hydrogen (secondary N) is 2. The molecule has 9 nitrogen and oxygen atoms in total. The van der Waals surface area contributed by atoms with Crippen molar-refractivity contribution >= 4 is 29.2 Å². The highest BCUT2D eigenvalue weighted by Crippen LogP contribution is 2.49. The van der Waals surface area contributed by atoms with Crippen LogP contribution < -0.4 is 15.5 Å². The molecule has 0 aromatic heterocycles. The van der Waals surface area contributed by atoms with Crippen molar-refractivity contribution in [2.75, 3.05) is 19.0 Å². The third-order valence-corrected chi connectivity index (χ3v) is 9.70. The number of carbonyl (C=O) groups is 2. The molecule has 0 unspecified atom stereocenters. The predicted molar refractivity (Wildman–Crippen MR) is 168 cm³/mol. The Morgan fingerprint density at radius 1 is 1.33 bits per heavy atom. The Morgan fingerprint density at radius 2 is 2.02 bits per heavy atom. The summed E-state index contributed by atoms with van der Waals surface area (Å²) in [6.45, 7) is 15.4. The smallest absolute Gasteiger partial charge is 0.323 e. The van der Waals surface area contributed by atoms with E-state index in [1.165, 1.54) is 4.90 Å². The van der Waals surface area contributed by atoms with E-state index in [0.717, 1.165) is 16.7 Å². The first-order valence-corrected chi connectivity index (χ1v) is 15.3. The number of amides is 1. The largest absolute Gasteiger partial charge is 0.476 e. The number of aliphatic hydroxyl groups is 1. The SMILES string of the molecule is C=C1N[C@]2(O)C[C@H](O1)[C@@H](C)[C@@H]1O[C@@]1(C)[C@@H](OC(=O)[C@H](C)NC)CC(=O)N(C)c1cc(cc(C)c1Cl)C/C(C)=C/C=C/[C@H]2C. The monoisotopic (exact) mass is 615 g/mol. The van der Waals surface area contributed by atoms with Crippen molar-refractivity contribution in [1.82, 2.24) is 10.6 Å². The number of anilines is 1. The highest BCUT2D eigenvalue weighted by Gasteiger charge is 2.64. The van der Waals surface area contributed by atoms with Crippen LogP contribution in [0.1, 0.15) is 58.6 Å². The number of aryl methyl sites for hydroxylation is 1. The Kier molecular flexibility index (Phi) is 9.71. The molecule has 1 aromatic carbocycles. The van der Waals surface area contributed by atoms with Crippen LogP contribution in [0, 0.1) is 18.8 Å². The molecule has 1 aromatic rings. The van der Waals surface area contributed by atoms with Crippen molar-refractivity contribution < 1.29 is 28.9 Å². The minimum absolute atomic E-state index is 0.110. The molecule has 0 aliphatic carbocycles. The number of fused-ring (bicyclic) bond motifs is 5. The molecule has 43 heavy (non-hydrogen) atoms. The van der Waals surface area contributed by atoms with E-state index in [0.29, 0.717) is 17.1 Å². The zero-order valence-electron chi connectivity index (χ0n) is 26.5. The van der Waals surface area contributed by atoms with Gasteiger partial charge in [0.05, 0.1) is 23.2 Å². The van der Waals surface area contributed by atoms with Crippen LogP contribution >= 0.6 is 11.6 Å². The second-order valence-corrected chi connectivity index (χ2v) is 13.0. The standard InChI is InChI=1S/C33H46ClN3O6/c1-18-11-10-12-20(3)33(40)17-26(41-23(6)36-33)21(4)30-32(7,43-30)27(42-31(39)22(5)35-8)16-28(38)37(9)25-15-24(13-18)14-19(2)29(25)34/h10-12,14-15,20-22,26-27,30,35-36,40H,6,13,16-17H2,1-5,7-9H3/b12-10+,18-11+/t20-,21-,22+,26+,27+,30+,32+,33+/m1/s1. The van der Waals surface area contributed by atoms with Crippen LogP contribution in [0.15, 0.2) is 48.4 Å². The third-order valence-electron chi connectivity index (χ3n) is 9.21. The van der Waals surface area contributed by atoms with Gasteiger partial charge in [-0.15, -0.1) is 0 Å². The summed E-state index contributed by atoms with van der Waals surface area (Å²) < 4.78 is 18.3. The first kappa shape index (κ1) is 33.1. The average Bonchev–Trinajstić information content (AvgIpc) is 3.64. The van der Waals surface area contributed by atoms with Gasteiger partial charge in [0, 0.05) is 25.3 Å². The van der Waals surface area contributed by atoms with Gasteiger partial charge in [-0.1, -0.05) is 55.3 Å². The van der Waals surface area contributed by atoms with E-state index in [9.17, 15) is 14.7 Å². The van der Waals surface area contributed by atoms with Gasteiger partial charge in [0.25, 0.3) is 0 Å². The number of benzene rings is 1. The predicted octanol–water partition coefficient (Wildman–Crippen LogP) is 4.55. The minimum Gasteiger partial charge on any atom is -0.476 e. The lowest BCUT2D eigenvalue weighted by Crippen LogP contribution is -2.57. The number of epoxide rings is 1. The van der Waals surface area contributed by atoms with Gasteiger partial charge in [-0.2, -0.15) is 0 Å². The lowest BCUT2D eigenvalue weighted by molar-refractivity contribution is -0.155. The first-order valence-electron chi connectivity index (χ1n) is 14.9. The summed E-state index contributed by atoms with van der Waals surface area (Å²) in [5.74, 6) is -0.962. The number of hydrogen-bond donors (Lipinski definition) is 3. The number of carbonyl (C=O) groups excluding carboxylic acids is 2. The molecule has 0 saturated carbocycles. The van der Waals surface area contributed by atoms with Gasteiger partial charge >= 0.3 is 5.97 Å². The van der Waals surface area contributed by atoms with Gasteiger partial charge in [-0.05, 0) is 64.9 Å². The fourth-order valence-electron chi connectivity index (χ4n) is 6.02. The summed E-state index contributed by atoms with van der Waals surface area (Å²) in [5.41, 5.74) is 1.30. The molecule has 0 spiro atoms. The molecule has 4 bridgehead atoms. The zero-order chi connectivity index (χ0) is 31.9. The Bertz CT molecular complexity index is 1330. The van der Waals surface area contributed by atoms with Crippen LogP contribution in [0.5, 0.6) is 0 Å². The van der Waals surface area contributed by atoms with E-state index in [1.54, 1.807) is 21.0 Å². The van der Waals surface area contributed by atoms with Gasteiger partial charge in [-0.3, -0.25) is 9.59 Å². The molecule has 10 heteroatoms. The zero-order valence-corrected chi connectivity index (χ0v) is 27.2. The number of allylic oxidation sites excluding steroid dienone is 3. The Hall–Kier alpha value is -2.85. The topological polar surface area (TPSA) is 113 Å². The highest BCUT2D eigenvalue weighted by atomic mass is 35.5. The number of ether oxygens (including phenoxy) is 3. The molecule has 3 N–H and O–H groups in total. The Labute approximate surface area is 260 Å². The average molecular weight is 616 g/mol. The molecule has 236 valence electrons. The van der Waals surface area contributed by atoms with E-state index < -0.39 is 41.6 Å². The molecule has 2 fully saturated rings. The maximum Gasteiger partial charge on any atom is 0.323 e. The summed E-state index contributed by atoms with van der Waals surface area (Å²) in [6, 6.07) is 3.37. The van der Waals surface area contributed by atoms with Gasteiger partial charge in [0.15, 0.2) is 5.88 Å². The summed E-state index contributed by atoms with van der Waals surface area (Å²) in [7, 11) is 3.35.